The third-order valence-electron chi connectivity index (χ3n) is 4.25. The standard InChI is InChI=1S/C22H20F3N3O3/c1-3-16(21(29)30-4-2)13-15-5-7-17(8-6-15)20-26-14-28(27-20)18-9-11-19(12-10-18)31-22(23,24)25/h5-14H,3-4H2,1-2H3. The Balaban J connectivity index is 1.74. The molecule has 2 aromatic carbocycles. The lowest BCUT2D eigenvalue weighted by atomic mass is 10.1. The van der Waals surface area contributed by atoms with Crippen LogP contribution in [0.4, 0.5) is 13.2 Å². The highest BCUT2D eigenvalue weighted by molar-refractivity contribution is 5.93. The Labute approximate surface area is 176 Å². The molecule has 3 rings (SSSR count). The molecular weight excluding hydrogens is 411 g/mol. The van der Waals surface area contributed by atoms with Gasteiger partial charge in [-0.15, -0.1) is 18.3 Å². The molecule has 1 aromatic heterocycles. The van der Waals surface area contributed by atoms with Crippen molar-refractivity contribution in [1.82, 2.24) is 14.8 Å². The molecule has 0 fully saturated rings. The van der Waals surface area contributed by atoms with E-state index < -0.39 is 6.36 Å². The quantitative estimate of drug-likeness (QED) is 0.381. The van der Waals surface area contributed by atoms with Crippen molar-refractivity contribution in [2.24, 2.45) is 0 Å². The fraction of sp³-hybridized carbons (Fsp3) is 0.227. The van der Waals surface area contributed by atoms with Crippen LogP contribution in [0.2, 0.25) is 0 Å². The smallest absolute Gasteiger partial charge is 0.463 e. The van der Waals surface area contributed by atoms with Gasteiger partial charge >= 0.3 is 12.3 Å². The van der Waals surface area contributed by atoms with Crippen molar-refractivity contribution in [2.45, 2.75) is 26.6 Å². The van der Waals surface area contributed by atoms with Crippen molar-refractivity contribution >= 4 is 12.0 Å². The first-order valence-corrected chi connectivity index (χ1v) is 9.55. The van der Waals surface area contributed by atoms with Crippen LogP contribution in [-0.4, -0.2) is 33.7 Å². The lowest BCUT2D eigenvalue weighted by molar-refractivity contribution is -0.274. The lowest BCUT2D eigenvalue weighted by Gasteiger charge is -2.09. The van der Waals surface area contributed by atoms with Gasteiger partial charge in [0.05, 0.1) is 12.3 Å². The second kappa shape index (κ2) is 9.46. The number of nitrogens with zero attached hydrogens (tertiary/aromatic N) is 3. The van der Waals surface area contributed by atoms with E-state index in [1.165, 1.54) is 35.3 Å². The third-order valence-corrected chi connectivity index (χ3v) is 4.25. The van der Waals surface area contributed by atoms with Crippen LogP contribution >= 0.6 is 0 Å². The summed E-state index contributed by atoms with van der Waals surface area (Å²) < 4.78 is 47.2. The number of esters is 1. The zero-order chi connectivity index (χ0) is 22.4. The van der Waals surface area contributed by atoms with Gasteiger partial charge in [0.25, 0.3) is 0 Å². The molecule has 0 spiro atoms. The molecule has 0 aliphatic carbocycles. The summed E-state index contributed by atoms with van der Waals surface area (Å²) in [6.45, 7) is 3.97. The number of carbonyl (C=O) groups excluding carboxylic acids is 1. The average Bonchev–Trinajstić information content (AvgIpc) is 3.22. The van der Waals surface area contributed by atoms with E-state index in [0.29, 0.717) is 30.1 Å². The summed E-state index contributed by atoms with van der Waals surface area (Å²) in [5, 5.41) is 4.37. The summed E-state index contributed by atoms with van der Waals surface area (Å²) in [6.07, 6.45) is -0.937. The van der Waals surface area contributed by atoms with E-state index >= 15 is 0 Å². The molecule has 0 N–H and O–H groups in total. The number of aromatic nitrogens is 3. The number of hydrogen-bond donors (Lipinski definition) is 0. The van der Waals surface area contributed by atoms with Crippen molar-refractivity contribution in [1.29, 1.82) is 0 Å². The van der Waals surface area contributed by atoms with Crippen LogP contribution < -0.4 is 4.74 Å². The highest BCUT2D eigenvalue weighted by Crippen LogP contribution is 2.24. The van der Waals surface area contributed by atoms with Crippen LogP contribution in [0.1, 0.15) is 25.8 Å². The highest BCUT2D eigenvalue weighted by Gasteiger charge is 2.31. The zero-order valence-corrected chi connectivity index (χ0v) is 16.9. The van der Waals surface area contributed by atoms with Gasteiger partial charge in [-0.1, -0.05) is 31.2 Å². The molecule has 162 valence electrons. The molecule has 0 bridgehead atoms. The van der Waals surface area contributed by atoms with Crippen molar-refractivity contribution in [2.75, 3.05) is 6.61 Å². The Morgan fingerprint density at radius 3 is 2.32 bits per heavy atom. The second-order valence-corrected chi connectivity index (χ2v) is 6.42. The topological polar surface area (TPSA) is 66.2 Å². The van der Waals surface area contributed by atoms with Gasteiger partial charge in [0.2, 0.25) is 0 Å². The lowest BCUT2D eigenvalue weighted by Crippen LogP contribution is -2.17. The van der Waals surface area contributed by atoms with Gasteiger partial charge in [-0.3, -0.25) is 0 Å². The van der Waals surface area contributed by atoms with E-state index in [0.717, 1.165) is 11.1 Å². The molecule has 9 heteroatoms. The van der Waals surface area contributed by atoms with Crippen molar-refractivity contribution in [3.8, 4) is 22.8 Å². The number of ether oxygens (including phenoxy) is 2. The van der Waals surface area contributed by atoms with Crippen LogP contribution in [0.25, 0.3) is 23.2 Å². The van der Waals surface area contributed by atoms with E-state index in [2.05, 4.69) is 14.8 Å². The van der Waals surface area contributed by atoms with Crippen LogP contribution in [0.3, 0.4) is 0 Å². The maximum atomic E-state index is 12.3. The predicted octanol–water partition coefficient (Wildman–Crippen LogP) is 5.19. The summed E-state index contributed by atoms with van der Waals surface area (Å²) in [7, 11) is 0. The van der Waals surface area contributed by atoms with Crippen LogP contribution in [0.5, 0.6) is 5.75 Å². The first-order chi connectivity index (χ1) is 14.8. The summed E-state index contributed by atoms with van der Waals surface area (Å²) in [4.78, 5) is 16.2. The first-order valence-electron chi connectivity index (χ1n) is 9.55. The summed E-state index contributed by atoms with van der Waals surface area (Å²) in [6, 6.07) is 12.7. The van der Waals surface area contributed by atoms with E-state index in [9.17, 15) is 18.0 Å². The van der Waals surface area contributed by atoms with Crippen molar-refractivity contribution < 1.29 is 27.4 Å². The Morgan fingerprint density at radius 2 is 1.74 bits per heavy atom. The maximum Gasteiger partial charge on any atom is 0.573 e. The highest BCUT2D eigenvalue weighted by atomic mass is 19.4. The molecule has 31 heavy (non-hydrogen) atoms. The van der Waals surface area contributed by atoms with E-state index in [1.54, 1.807) is 13.0 Å². The molecule has 0 atom stereocenters. The zero-order valence-electron chi connectivity index (χ0n) is 16.9. The Bertz CT molecular complexity index is 1060. The summed E-state index contributed by atoms with van der Waals surface area (Å²) in [5.41, 5.74) is 2.71. The summed E-state index contributed by atoms with van der Waals surface area (Å²) >= 11 is 0. The molecule has 0 unspecified atom stereocenters. The average molecular weight is 431 g/mol. The van der Waals surface area contributed by atoms with E-state index in [1.807, 2.05) is 31.2 Å². The monoisotopic (exact) mass is 431 g/mol. The molecule has 0 amide bonds. The van der Waals surface area contributed by atoms with Gasteiger partial charge in [0.15, 0.2) is 5.82 Å². The minimum atomic E-state index is -4.74. The molecule has 0 aliphatic heterocycles. The van der Waals surface area contributed by atoms with Crippen LogP contribution in [-0.2, 0) is 9.53 Å². The van der Waals surface area contributed by atoms with Crippen LogP contribution in [0, 0.1) is 0 Å². The third kappa shape index (κ3) is 5.94. The van der Waals surface area contributed by atoms with Crippen LogP contribution in [0.15, 0.2) is 60.4 Å². The largest absolute Gasteiger partial charge is 0.573 e. The van der Waals surface area contributed by atoms with Gasteiger partial charge in [-0.05, 0) is 49.2 Å². The van der Waals surface area contributed by atoms with Gasteiger partial charge in [-0.2, -0.15) is 0 Å². The number of rotatable bonds is 7. The fourth-order valence-electron chi connectivity index (χ4n) is 2.78. The van der Waals surface area contributed by atoms with Crippen molar-refractivity contribution in [3.63, 3.8) is 0 Å². The number of hydrogen-bond acceptors (Lipinski definition) is 5. The minimum Gasteiger partial charge on any atom is -0.463 e. The minimum absolute atomic E-state index is 0.311. The molecule has 3 aromatic rings. The fourth-order valence-corrected chi connectivity index (χ4v) is 2.78. The van der Waals surface area contributed by atoms with E-state index in [4.69, 9.17) is 4.74 Å². The summed E-state index contributed by atoms with van der Waals surface area (Å²) in [5.74, 6) is -0.192. The van der Waals surface area contributed by atoms with Crippen molar-refractivity contribution in [3.05, 3.63) is 66.0 Å². The second-order valence-electron chi connectivity index (χ2n) is 6.42. The Morgan fingerprint density at radius 1 is 1.06 bits per heavy atom. The molecular formula is C22H20F3N3O3. The number of benzene rings is 2. The Kier molecular flexibility index (Phi) is 6.74. The molecule has 0 saturated carbocycles. The molecule has 0 saturated heterocycles. The molecule has 0 radical (unpaired) electrons. The number of carbonyl (C=O) groups is 1. The van der Waals surface area contributed by atoms with Gasteiger partial charge in [0, 0.05) is 11.1 Å². The Hall–Kier alpha value is -3.62. The number of alkyl halides is 3. The SMILES string of the molecule is CCOC(=O)C(=Cc1ccc(-c2ncn(-c3ccc(OC(F)(F)F)cc3)n2)cc1)CC. The predicted molar refractivity (Wildman–Crippen MR) is 108 cm³/mol. The molecule has 6 nitrogen and oxygen atoms in total. The molecule has 0 aliphatic rings. The first kappa shape index (κ1) is 22.1. The van der Waals surface area contributed by atoms with E-state index in [-0.39, 0.29) is 11.7 Å². The van der Waals surface area contributed by atoms with Gasteiger partial charge in [0.1, 0.15) is 12.1 Å². The van der Waals surface area contributed by atoms with Gasteiger partial charge < -0.3 is 9.47 Å². The molecule has 1 heterocycles. The van der Waals surface area contributed by atoms with Gasteiger partial charge in [-0.25, -0.2) is 14.5 Å². The maximum absolute atomic E-state index is 12.3. The number of halogens is 3. The normalized spacial score (nSPS) is 12.0.